The van der Waals surface area contributed by atoms with Gasteiger partial charge in [0, 0.05) is 31.0 Å². The lowest BCUT2D eigenvalue weighted by atomic mass is 10.1. The summed E-state index contributed by atoms with van der Waals surface area (Å²) in [6, 6.07) is 12.9. The number of nitrogens with one attached hydrogen (secondary N) is 2. The normalized spacial score (nSPS) is 11.2. The number of Topliss-reactive ketones (excluding diaryl/α,β-unsaturated/α-hetero) is 1. The molecule has 0 heterocycles. The summed E-state index contributed by atoms with van der Waals surface area (Å²) in [4.78, 5) is 23.8. The molecule has 2 N–H and O–H groups in total. The first kappa shape index (κ1) is 19.6. The number of hydrogen-bond acceptors (Lipinski definition) is 5. The highest BCUT2D eigenvalue weighted by atomic mass is 32.2. The molecule has 8 heteroatoms. The Morgan fingerprint density at radius 1 is 1.00 bits per heavy atom. The average Bonchev–Trinajstić information content (AvgIpc) is 2.60. The van der Waals surface area contributed by atoms with Crippen molar-refractivity contribution in [3.63, 3.8) is 0 Å². The molecule has 0 bridgehead atoms. The molecule has 7 nitrogen and oxygen atoms in total. The molecule has 2 aromatic rings. The van der Waals surface area contributed by atoms with Gasteiger partial charge in [-0.3, -0.25) is 9.59 Å². The summed E-state index contributed by atoms with van der Waals surface area (Å²) in [5.41, 5.74) is 1.58. The number of carbonyl (C=O) groups is 2. The Hall–Kier alpha value is -2.71. The van der Waals surface area contributed by atoms with Crippen LogP contribution in [0, 0.1) is 0 Å². The fourth-order valence-electron chi connectivity index (χ4n) is 2.25. The van der Waals surface area contributed by atoms with Gasteiger partial charge in [0.1, 0.15) is 0 Å². The van der Waals surface area contributed by atoms with E-state index in [4.69, 9.17) is 0 Å². The minimum absolute atomic E-state index is 0.0258. The van der Waals surface area contributed by atoms with Gasteiger partial charge < -0.3 is 10.6 Å². The molecule has 0 fully saturated rings. The summed E-state index contributed by atoms with van der Waals surface area (Å²) in [6.45, 7) is 1.44. The fraction of sp³-hybridized carbons (Fsp3) is 0.222. The van der Waals surface area contributed by atoms with E-state index < -0.39 is 10.0 Å². The predicted octanol–water partition coefficient (Wildman–Crippen LogP) is 2.19. The molecule has 0 saturated carbocycles. The van der Waals surface area contributed by atoms with Crippen LogP contribution in [0.3, 0.4) is 0 Å². The number of rotatable bonds is 7. The number of hydrogen-bond donors (Lipinski definition) is 2. The standard InChI is InChI=1S/C18H21N3O4S/c1-13(22)16-6-4-5-7-17(16)19-12-18(23)20-14-8-10-15(11-9-14)26(24,25)21(2)3/h4-11,19H,12H2,1-3H3,(H,20,23). The predicted molar refractivity (Wildman–Crippen MR) is 101 cm³/mol. The van der Waals surface area contributed by atoms with Crippen molar-refractivity contribution in [1.29, 1.82) is 0 Å². The second-order valence-electron chi connectivity index (χ2n) is 5.82. The van der Waals surface area contributed by atoms with E-state index in [2.05, 4.69) is 10.6 Å². The number of benzene rings is 2. The molecule has 0 atom stereocenters. The second-order valence-corrected chi connectivity index (χ2v) is 7.97. The quantitative estimate of drug-likeness (QED) is 0.723. The maximum Gasteiger partial charge on any atom is 0.243 e. The molecule has 26 heavy (non-hydrogen) atoms. The number of amides is 1. The van der Waals surface area contributed by atoms with Crippen molar-refractivity contribution >= 4 is 33.1 Å². The summed E-state index contributed by atoms with van der Waals surface area (Å²) in [6.07, 6.45) is 0. The zero-order valence-corrected chi connectivity index (χ0v) is 15.6. The Morgan fingerprint density at radius 2 is 1.62 bits per heavy atom. The summed E-state index contributed by atoms with van der Waals surface area (Å²) >= 11 is 0. The van der Waals surface area contributed by atoms with Crippen LogP contribution in [0.5, 0.6) is 0 Å². The van der Waals surface area contributed by atoms with Crippen LogP contribution >= 0.6 is 0 Å². The third-order valence-electron chi connectivity index (χ3n) is 3.66. The van der Waals surface area contributed by atoms with E-state index in [0.29, 0.717) is 16.9 Å². The van der Waals surface area contributed by atoms with Gasteiger partial charge in [0.05, 0.1) is 11.4 Å². The van der Waals surface area contributed by atoms with Crippen LogP contribution in [0.1, 0.15) is 17.3 Å². The molecular weight excluding hydrogens is 354 g/mol. The number of anilines is 2. The summed E-state index contributed by atoms with van der Waals surface area (Å²) < 4.78 is 25.1. The number of sulfonamides is 1. The lowest BCUT2D eigenvalue weighted by Crippen LogP contribution is -2.23. The van der Waals surface area contributed by atoms with Crippen molar-refractivity contribution in [3.8, 4) is 0 Å². The molecule has 0 radical (unpaired) electrons. The van der Waals surface area contributed by atoms with Crippen LogP contribution in [0.15, 0.2) is 53.4 Å². The topological polar surface area (TPSA) is 95.6 Å². The van der Waals surface area contributed by atoms with Crippen molar-refractivity contribution in [2.75, 3.05) is 31.3 Å². The van der Waals surface area contributed by atoms with Crippen LogP contribution < -0.4 is 10.6 Å². The van der Waals surface area contributed by atoms with Gasteiger partial charge in [0.2, 0.25) is 15.9 Å². The first-order chi connectivity index (χ1) is 12.2. The van der Waals surface area contributed by atoms with Gasteiger partial charge in [0.25, 0.3) is 0 Å². The van der Waals surface area contributed by atoms with Crippen molar-refractivity contribution in [1.82, 2.24) is 4.31 Å². The van der Waals surface area contributed by atoms with Crippen molar-refractivity contribution < 1.29 is 18.0 Å². The van der Waals surface area contributed by atoms with E-state index in [1.54, 1.807) is 24.3 Å². The van der Waals surface area contributed by atoms with E-state index in [9.17, 15) is 18.0 Å². The Kier molecular flexibility index (Phi) is 6.12. The van der Waals surface area contributed by atoms with Crippen LogP contribution in [-0.4, -0.2) is 45.1 Å². The largest absolute Gasteiger partial charge is 0.376 e. The molecule has 1 amide bonds. The third-order valence-corrected chi connectivity index (χ3v) is 5.49. The molecule has 138 valence electrons. The second kappa shape index (κ2) is 8.11. The number of nitrogens with zero attached hydrogens (tertiary/aromatic N) is 1. The summed E-state index contributed by atoms with van der Waals surface area (Å²) in [5.74, 6) is -0.405. The van der Waals surface area contributed by atoms with Gasteiger partial charge in [-0.15, -0.1) is 0 Å². The highest BCUT2D eigenvalue weighted by Gasteiger charge is 2.16. The van der Waals surface area contributed by atoms with E-state index in [1.165, 1.54) is 45.3 Å². The van der Waals surface area contributed by atoms with Gasteiger partial charge in [-0.25, -0.2) is 12.7 Å². The van der Waals surface area contributed by atoms with Gasteiger partial charge >= 0.3 is 0 Å². The minimum Gasteiger partial charge on any atom is -0.376 e. The third kappa shape index (κ3) is 4.68. The first-order valence-corrected chi connectivity index (χ1v) is 9.32. The Labute approximate surface area is 153 Å². The molecule has 0 saturated heterocycles. The fourth-order valence-corrected chi connectivity index (χ4v) is 3.15. The molecule has 0 aliphatic rings. The van der Waals surface area contributed by atoms with E-state index in [-0.39, 0.29) is 23.1 Å². The van der Waals surface area contributed by atoms with Crippen molar-refractivity contribution in [2.45, 2.75) is 11.8 Å². The van der Waals surface area contributed by atoms with Crippen molar-refractivity contribution in [2.24, 2.45) is 0 Å². The molecule has 0 unspecified atom stereocenters. The molecule has 0 aromatic heterocycles. The summed E-state index contributed by atoms with van der Waals surface area (Å²) in [7, 11) is -0.597. The lowest BCUT2D eigenvalue weighted by molar-refractivity contribution is -0.114. The minimum atomic E-state index is -3.50. The Bertz CT molecular complexity index is 906. The SMILES string of the molecule is CC(=O)c1ccccc1NCC(=O)Nc1ccc(S(=O)(=O)N(C)C)cc1. The highest BCUT2D eigenvalue weighted by Crippen LogP contribution is 2.17. The number of para-hydroxylation sites is 1. The molecule has 0 aliphatic carbocycles. The van der Waals surface area contributed by atoms with E-state index in [1.807, 2.05) is 0 Å². The number of ketones is 1. The maximum atomic E-state index is 12.1. The summed E-state index contributed by atoms with van der Waals surface area (Å²) in [5, 5.41) is 5.60. The molecule has 2 aromatic carbocycles. The number of carbonyl (C=O) groups excluding carboxylic acids is 2. The monoisotopic (exact) mass is 375 g/mol. The van der Waals surface area contributed by atoms with Crippen LogP contribution in [0.25, 0.3) is 0 Å². The van der Waals surface area contributed by atoms with Gasteiger partial charge in [0.15, 0.2) is 5.78 Å². The molecule has 0 aliphatic heterocycles. The zero-order valence-electron chi connectivity index (χ0n) is 14.8. The van der Waals surface area contributed by atoms with Crippen LogP contribution in [-0.2, 0) is 14.8 Å². The van der Waals surface area contributed by atoms with Crippen LogP contribution in [0.4, 0.5) is 11.4 Å². The van der Waals surface area contributed by atoms with Crippen molar-refractivity contribution in [3.05, 3.63) is 54.1 Å². The average molecular weight is 375 g/mol. The van der Waals surface area contributed by atoms with E-state index >= 15 is 0 Å². The van der Waals surface area contributed by atoms with Crippen LogP contribution in [0.2, 0.25) is 0 Å². The van der Waals surface area contributed by atoms with Gasteiger partial charge in [-0.2, -0.15) is 0 Å². The maximum absolute atomic E-state index is 12.1. The molecule has 2 rings (SSSR count). The Morgan fingerprint density at radius 3 is 2.19 bits per heavy atom. The lowest BCUT2D eigenvalue weighted by Gasteiger charge is -2.12. The van der Waals surface area contributed by atoms with Gasteiger partial charge in [-0.05, 0) is 43.3 Å². The first-order valence-electron chi connectivity index (χ1n) is 7.88. The zero-order chi connectivity index (χ0) is 19.3. The smallest absolute Gasteiger partial charge is 0.243 e. The van der Waals surface area contributed by atoms with Gasteiger partial charge in [-0.1, -0.05) is 12.1 Å². The molecule has 0 spiro atoms. The highest BCUT2D eigenvalue weighted by molar-refractivity contribution is 7.89. The molecular formula is C18H21N3O4S. The van der Waals surface area contributed by atoms with E-state index in [0.717, 1.165) is 4.31 Å². The Balaban J connectivity index is 2.00.